The number of ether oxygens (including phenoxy) is 1. The second kappa shape index (κ2) is 5.83. The first-order valence-electron chi connectivity index (χ1n) is 6.10. The summed E-state index contributed by atoms with van der Waals surface area (Å²) >= 11 is 0. The third-order valence-corrected chi connectivity index (χ3v) is 3.46. The van der Waals surface area contributed by atoms with Crippen molar-refractivity contribution in [3.63, 3.8) is 0 Å². The predicted octanol–water partition coefficient (Wildman–Crippen LogP) is 1.50. The summed E-state index contributed by atoms with van der Waals surface area (Å²) in [5.74, 6) is 0.321. The van der Waals surface area contributed by atoms with Gasteiger partial charge in [-0.3, -0.25) is 4.90 Å². The molecule has 1 aliphatic rings. The standard InChI is InChI=1S/C12H25NO2/c1-5-10(4)12(14)11-8-13(9(2)3)6-7-15-11/h9-12,14H,5-8H2,1-4H3. The summed E-state index contributed by atoms with van der Waals surface area (Å²) in [6.07, 6.45) is 0.676. The molecular formula is C12H25NO2. The Morgan fingerprint density at radius 3 is 2.60 bits per heavy atom. The van der Waals surface area contributed by atoms with E-state index in [-0.39, 0.29) is 12.2 Å². The van der Waals surface area contributed by atoms with Gasteiger partial charge in [0.25, 0.3) is 0 Å². The molecule has 90 valence electrons. The SMILES string of the molecule is CCC(C)C(O)C1CN(C(C)C)CCO1. The van der Waals surface area contributed by atoms with Crippen LogP contribution in [-0.2, 0) is 4.74 Å². The van der Waals surface area contributed by atoms with Crippen LogP contribution in [0.2, 0.25) is 0 Å². The molecule has 1 saturated heterocycles. The van der Waals surface area contributed by atoms with Crippen LogP contribution in [0.3, 0.4) is 0 Å². The van der Waals surface area contributed by atoms with Crippen molar-refractivity contribution in [1.29, 1.82) is 0 Å². The maximum atomic E-state index is 10.1. The van der Waals surface area contributed by atoms with Crippen LogP contribution in [0.5, 0.6) is 0 Å². The van der Waals surface area contributed by atoms with Crippen LogP contribution in [0, 0.1) is 5.92 Å². The highest BCUT2D eigenvalue weighted by Gasteiger charge is 2.30. The fourth-order valence-corrected chi connectivity index (χ4v) is 1.98. The minimum Gasteiger partial charge on any atom is -0.390 e. The summed E-state index contributed by atoms with van der Waals surface area (Å²) < 4.78 is 5.65. The Morgan fingerprint density at radius 1 is 1.40 bits per heavy atom. The highest BCUT2D eigenvalue weighted by atomic mass is 16.5. The van der Waals surface area contributed by atoms with Crippen LogP contribution in [0.25, 0.3) is 0 Å². The third-order valence-electron chi connectivity index (χ3n) is 3.46. The number of aliphatic hydroxyl groups is 1. The van der Waals surface area contributed by atoms with Crippen molar-refractivity contribution < 1.29 is 9.84 Å². The van der Waals surface area contributed by atoms with Crippen LogP contribution in [0.1, 0.15) is 34.1 Å². The van der Waals surface area contributed by atoms with Gasteiger partial charge < -0.3 is 9.84 Å². The zero-order chi connectivity index (χ0) is 11.4. The maximum absolute atomic E-state index is 10.1. The smallest absolute Gasteiger partial charge is 0.0963 e. The Morgan fingerprint density at radius 2 is 2.07 bits per heavy atom. The second-order valence-electron chi connectivity index (χ2n) is 4.87. The molecule has 0 radical (unpaired) electrons. The Labute approximate surface area is 93.4 Å². The van der Waals surface area contributed by atoms with Gasteiger partial charge in [0.15, 0.2) is 0 Å². The largest absolute Gasteiger partial charge is 0.390 e. The zero-order valence-corrected chi connectivity index (χ0v) is 10.4. The van der Waals surface area contributed by atoms with Gasteiger partial charge in [0, 0.05) is 19.1 Å². The van der Waals surface area contributed by atoms with E-state index in [0.717, 1.165) is 26.1 Å². The molecule has 1 heterocycles. The van der Waals surface area contributed by atoms with Gasteiger partial charge in [0.2, 0.25) is 0 Å². The van der Waals surface area contributed by atoms with Crippen molar-refractivity contribution in [2.45, 2.75) is 52.4 Å². The molecule has 1 fully saturated rings. The van der Waals surface area contributed by atoms with Gasteiger partial charge in [-0.15, -0.1) is 0 Å². The summed E-state index contributed by atoms with van der Waals surface area (Å²) in [7, 11) is 0. The van der Waals surface area contributed by atoms with Gasteiger partial charge in [0.1, 0.15) is 0 Å². The van der Waals surface area contributed by atoms with Crippen LogP contribution >= 0.6 is 0 Å². The van der Waals surface area contributed by atoms with Crippen LogP contribution in [0.4, 0.5) is 0 Å². The summed E-state index contributed by atoms with van der Waals surface area (Å²) in [5.41, 5.74) is 0. The number of hydrogen-bond donors (Lipinski definition) is 1. The lowest BCUT2D eigenvalue weighted by Gasteiger charge is -2.38. The molecule has 3 atom stereocenters. The third kappa shape index (κ3) is 3.44. The van der Waals surface area contributed by atoms with Crippen molar-refractivity contribution in [2.24, 2.45) is 5.92 Å². The average Bonchev–Trinajstić information content (AvgIpc) is 2.27. The number of morpholine rings is 1. The van der Waals surface area contributed by atoms with Crippen molar-refractivity contribution in [3.8, 4) is 0 Å². The monoisotopic (exact) mass is 215 g/mol. The molecule has 1 N–H and O–H groups in total. The fourth-order valence-electron chi connectivity index (χ4n) is 1.98. The molecule has 0 aromatic carbocycles. The number of hydrogen-bond acceptors (Lipinski definition) is 3. The lowest BCUT2D eigenvalue weighted by molar-refractivity contribution is -0.109. The molecule has 15 heavy (non-hydrogen) atoms. The first-order valence-corrected chi connectivity index (χ1v) is 6.10. The van der Waals surface area contributed by atoms with Gasteiger partial charge in [-0.25, -0.2) is 0 Å². The molecule has 3 nitrogen and oxygen atoms in total. The topological polar surface area (TPSA) is 32.7 Å². The molecule has 0 aromatic heterocycles. The van der Waals surface area contributed by atoms with Crippen molar-refractivity contribution >= 4 is 0 Å². The van der Waals surface area contributed by atoms with Gasteiger partial charge in [-0.2, -0.15) is 0 Å². The van der Waals surface area contributed by atoms with Crippen molar-refractivity contribution in [3.05, 3.63) is 0 Å². The lowest BCUT2D eigenvalue weighted by atomic mass is 9.96. The quantitative estimate of drug-likeness (QED) is 0.771. The van der Waals surface area contributed by atoms with Crippen LogP contribution in [-0.4, -0.2) is 48.0 Å². The molecule has 1 aliphatic heterocycles. The molecule has 0 aromatic rings. The number of rotatable bonds is 4. The molecule has 0 aliphatic carbocycles. The van der Waals surface area contributed by atoms with E-state index in [1.165, 1.54) is 0 Å². The van der Waals surface area contributed by atoms with Crippen molar-refractivity contribution in [2.75, 3.05) is 19.7 Å². The van der Waals surface area contributed by atoms with Crippen LogP contribution in [0.15, 0.2) is 0 Å². The Bertz CT molecular complexity index is 184. The van der Waals surface area contributed by atoms with E-state index < -0.39 is 0 Å². The molecule has 0 bridgehead atoms. The van der Waals surface area contributed by atoms with Gasteiger partial charge >= 0.3 is 0 Å². The molecule has 0 amide bonds. The van der Waals surface area contributed by atoms with E-state index in [1.807, 2.05) is 0 Å². The molecule has 0 spiro atoms. The number of nitrogens with zero attached hydrogens (tertiary/aromatic N) is 1. The Balaban J connectivity index is 2.48. The summed E-state index contributed by atoms with van der Waals surface area (Å²) in [4.78, 5) is 2.37. The van der Waals surface area contributed by atoms with Crippen molar-refractivity contribution in [1.82, 2.24) is 4.90 Å². The van der Waals surface area contributed by atoms with E-state index in [0.29, 0.717) is 12.0 Å². The highest BCUT2D eigenvalue weighted by molar-refractivity contribution is 4.81. The van der Waals surface area contributed by atoms with Gasteiger partial charge in [-0.1, -0.05) is 20.3 Å². The predicted molar refractivity (Wildman–Crippen MR) is 61.9 cm³/mol. The molecule has 3 unspecified atom stereocenters. The van der Waals surface area contributed by atoms with E-state index in [9.17, 15) is 5.11 Å². The maximum Gasteiger partial charge on any atom is 0.0963 e. The highest BCUT2D eigenvalue weighted by Crippen LogP contribution is 2.18. The van der Waals surface area contributed by atoms with Gasteiger partial charge in [-0.05, 0) is 19.8 Å². The van der Waals surface area contributed by atoms with Gasteiger partial charge in [0.05, 0.1) is 18.8 Å². The summed E-state index contributed by atoms with van der Waals surface area (Å²) in [6.45, 7) is 11.2. The minimum absolute atomic E-state index is 0.00361. The molecular weight excluding hydrogens is 190 g/mol. The summed E-state index contributed by atoms with van der Waals surface area (Å²) in [5, 5.41) is 10.1. The van der Waals surface area contributed by atoms with E-state index in [2.05, 4.69) is 32.6 Å². The number of aliphatic hydroxyl groups excluding tert-OH is 1. The van der Waals surface area contributed by atoms with E-state index in [4.69, 9.17) is 4.74 Å². The van der Waals surface area contributed by atoms with E-state index in [1.54, 1.807) is 0 Å². The molecule has 1 rings (SSSR count). The molecule has 3 heteroatoms. The average molecular weight is 215 g/mol. The fraction of sp³-hybridized carbons (Fsp3) is 1.00. The Kier molecular flexibility index (Phi) is 5.03. The normalized spacial score (nSPS) is 28.0. The Hall–Kier alpha value is -0.120. The molecule has 0 saturated carbocycles. The minimum atomic E-state index is -0.323. The van der Waals surface area contributed by atoms with Crippen LogP contribution < -0.4 is 0 Å². The zero-order valence-electron chi connectivity index (χ0n) is 10.4. The second-order valence-corrected chi connectivity index (χ2v) is 4.87. The summed E-state index contributed by atoms with van der Waals surface area (Å²) in [6, 6.07) is 0.542. The first kappa shape index (κ1) is 12.9. The lowest BCUT2D eigenvalue weighted by Crippen LogP contribution is -2.51. The first-order chi connectivity index (χ1) is 7.06. The van der Waals surface area contributed by atoms with E-state index >= 15 is 0 Å².